The van der Waals surface area contributed by atoms with E-state index in [1.807, 2.05) is 0 Å². The van der Waals surface area contributed by atoms with Crippen LogP contribution in [0.1, 0.15) is 34.8 Å². The molecule has 0 saturated heterocycles. The standard InChI is InChI=1S/C19H16F3NO4/c1-2-17(24)23-16-9-8-13(11-15(16)18(25)26)7-6-12-4-3-5-14(10-12)27-19(20,21)22/h3-11H,2H2,1H3,(H,23,24)(H,25,26)/b7-6+. The average molecular weight is 379 g/mol. The Kier molecular flexibility index (Phi) is 6.23. The molecule has 5 nitrogen and oxygen atoms in total. The minimum atomic E-state index is -4.78. The van der Waals surface area contributed by atoms with Crippen molar-refractivity contribution in [2.45, 2.75) is 19.7 Å². The van der Waals surface area contributed by atoms with Crippen molar-refractivity contribution in [2.24, 2.45) is 0 Å². The van der Waals surface area contributed by atoms with E-state index >= 15 is 0 Å². The van der Waals surface area contributed by atoms with Gasteiger partial charge in [0.1, 0.15) is 5.75 Å². The van der Waals surface area contributed by atoms with Crippen LogP contribution < -0.4 is 10.1 Å². The van der Waals surface area contributed by atoms with Gasteiger partial charge in [0.05, 0.1) is 11.3 Å². The van der Waals surface area contributed by atoms with E-state index in [1.54, 1.807) is 25.1 Å². The molecule has 2 aromatic rings. The van der Waals surface area contributed by atoms with E-state index < -0.39 is 12.3 Å². The van der Waals surface area contributed by atoms with E-state index in [2.05, 4.69) is 10.1 Å². The number of carboxylic acid groups (broad SMARTS) is 1. The molecule has 142 valence electrons. The Morgan fingerprint density at radius 1 is 1.11 bits per heavy atom. The van der Waals surface area contributed by atoms with E-state index in [4.69, 9.17) is 0 Å². The molecular formula is C19H16F3NO4. The van der Waals surface area contributed by atoms with Crippen LogP contribution >= 0.6 is 0 Å². The molecule has 0 atom stereocenters. The number of anilines is 1. The lowest BCUT2D eigenvalue weighted by molar-refractivity contribution is -0.274. The molecule has 0 radical (unpaired) electrons. The smallest absolute Gasteiger partial charge is 0.478 e. The highest BCUT2D eigenvalue weighted by Crippen LogP contribution is 2.24. The molecule has 1 amide bonds. The monoisotopic (exact) mass is 379 g/mol. The predicted molar refractivity (Wildman–Crippen MR) is 94.4 cm³/mol. The van der Waals surface area contributed by atoms with Crippen molar-refractivity contribution in [3.63, 3.8) is 0 Å². The Labute approximate surface area is 153 Å². The summed E-state index contributed by atoms with van der Waals surface area (Å²) >= 11 is 0. The van der Waals surface area contributed by atoms with Gasteiger partial charge in [-0.15, -0.1) is 13.2 Å². The van der Waals surface area contributed by atoms with Gasteiger partial charge in [0, 0.05) is 6.42 Å². The molecule has 2 rings (SSSR count). The van der Waals surface area contributed by atoms with Gasteiger partial charge in [-0.05, 0) is 35.4 Å². The van der Waals surface area contributed by atoms with Crippen LogP contribution in [0.3, 0.4) is 0 Å². The second-order valence-corrected chi connectivity index (χ2v) is 5.47. The van der Waals surface area contributed by atoms with Crippen LogP contribution in [0.2, 0.25) is 0 Å². The predicted octanol–water partition coefficient (Wildman–Crippen LogP) is 4.80. The minimum Gasteiger partial charge on any atom is -0.478 e. The number of aromatic carboxylic acids is 1. The van der Waals surface area contributed by atoms with Crippen LogP contribution in [-0.4, -0.2) is 23.3 Å². The zero-order chi connectivity index (χ0) is 20.0. The molecule has 0 bridgehead atoms. The Morgan fingerprint density at radius 3 is 2.37 bits per heavy atom. The van der Waals surface area contributed by atoms with E-state index in [0.717, 1.165) is 0 Å². The van der Waals surface area contributed by atoms with E-state index in [1.165, 1.54) is 36.4 Å². The third-order valence-corrected chi connectivity index (χ3v) is 3.43. The Morgan fingerprint density at radius 2 is 1.78 bits per heavy atom. The number of ether oxygens (including phenoxy) is 1. The van der Waals surface area contributed by atoms with Gasteiger partial charge in [0.15, 0.2) is 0 Å². The summed E-state index contributed by atoms with van der Waals surface area (Å²) in [4.78, 5) is 22.9. The lowest BCUT2D eigenvalue weighted by Crippen LogP contribution is -2.17. The van der Waals surface area contributed by atoms with Gasteiger partial charge in [0.2, 0.25) is 5.91 Å². The molecule has 0 aromatic heterocycles. The van der Waals surface area contributed by atoms with Gasteiger partial charge in [-0.2, -0.15) is 0 Å². The fourth-order valence-electron chi connectivity index (χ4n) is 2.20. The Balaban J connectivity index is 2.24. The SMILES string of the molecule is CCC(=O)Nc1ccc(/C=C/c2cccc(OC(F)(F)F)c2)cc1C(=O)O. The number of carbonyl (C=O) groups excluding carboxylic acids is 1. The van der Waals surface area contributed by atoms with Gasteiger partial charge in [-0.25, -0.2) is 4.79 Å². The summed E-state index contributed by atoms with van der Waals surface area (Å²) in [5.74, 6) is -1.88. The van der Waals surface area contributed by atoms with Gasteiger partial charge >= 0.3 is 12.3 Å². The molecule has 0 aliphatic rings. The van der Waals surface area contributed by atoms with E-state index in [9.17, 15) is 27.9 Å². The molecule has 2 aromatic carbocycles. The fourth-order valence-corrected chi connectivity index (χ4v) is 2.20. The average Bonchev–Trinajstić information content (AvgIpc) is 2.59. The first-order valence-electron chi connectivity index (χ1n) is 7.89. The molecule has 2 N–H and O–H groups in total. The van der Waals surface area contributed by atoms with Crippen molar-refractivity contribution in [3.8, 4) is 5.75 Å². The van der Waals surface area contributed by atoms with E-state index in [0.29, 0.717) is 11.1 Å². The summed E-state index contributed by atoms with van der Waals surface area (Å²) in [6.45, 7) is 1.64. The zero-order valence-corrected chi connectivity index (χ0v) is 14.2. The molecular weight excluding hydrogens is 363 g/mol. The molecule has 0 fully saturated rings. The van der Waals surface area contributed by atoms with Crippen molar-refractivity contribution < 1.29 is 32.6 Å². The Bertz CT molecular complexity index is 875. The molecule has 0 heterocycles. The van der Waals surface area contributed by atoms with Crippen molar-refractivity contribution in [1.82, 2.24) is 0 Å². The summed E-state index contributed by atoms with van der Waals surface area (Å²) in [6, 6.07) is 9.78. The van der Waals surface area contributed by atoms with Crippen molar-refractivity contribution in [1.29, 1.82) is 0 Å². The van der Waals surface area contributed by atoms with Crippen LogP contribution in [0.5, 0.6) is 5.75 Å². The summed E-state index contributed by atoms with van der Waals surface area (Å²) in [5, 5.41) is 11.8. The number of nitrogens with one attached hydrogen (secondary N) is 1. The number of benzene rings is 2. The maximum absolute atomic E-state index is 12.3. The summed E-state index contributed by atoms with van der Waals surface area (Å²) in [6.07, 6.45) is -1.51. The van der Waals surface area contributed by atoms with Gasteiger partial charge < -0.3 is 15.2 Å². The van der Waals surface area contributed by atoms with Crippen LogP contribution in [-0.2, 0) is 4.79 Å². The number of amides is 1. The molecule has 0 aliphatic heterocycles. The zero-order valence-electron chi connectivity index (χ0n) is 14.2. The quantitative estimate of drug-likeness (QED) is 0.707. The molecule has 0 spiro atoms. The normalized spacial score (nSPS) is 11.4. The van der Waals surface area contributed by atoms with Gasteiger partial charge in [-0.1, -0.05) is 37.3 Å². The highest BCUT2D eigenvalue weighted by atomic mass is 19.4. The summed E-state index contributed by atoms with van der Waals surface area (Å²) in [5.41, 5.74) is 1.03. The summed E-state index contributed by atoms with van der Waals surface area (Å²) < 4.78 is 40.7. The van der Waals surface area contributed by atoms with Crippen LogP contribution in [0.25, 0.3) is 12.2 Å². The maximum atomic E-state index is 12.3. The number of halogens is 3. The van der Waals surface area contributed by atoms with E-state index in [-0.39, 0.29) is 29.3 Å². The second-order valence-electron chi connectivity index (χ2n) is 5.47. The third-order valence-electron chi connectivity index (χ3n) is 3.43. The lowest BCUT2D eigenvalue weighted by atomic mass is 10.1. The number of hydrogen-bond acceptors (Lipinski definition) is 3. The molecule has 0 aliphatic carbocycles. The largest absolute Gasteiger partial charge is 0.573 e. The van der Waals surface area contributed by atoms with Crippen molar-refractivity contribution in [3.05, 3.63) is 59.2 Å². The van der Waals surface area contributed by atoms with Crippen LogP contribution in [0, 0.1) is 0 Å². The van der Waals surface area contributed by atoms with Crippen LogP contribution in [0.15, 0.2) is 42.5 Å². The van der Waals surface area contributed by atoms with Gasteiger partial charge in [-0.3, -0.25) is 4.79 Å². The minimum absolute atomic E-state index is 0.0897. The summed E-state index contributed by atoms with van der Waals surface area (Å²) in [7, 11) is 0. The number of rotatable bonds is 6. The second kappa shape index (κ2) is 8.39. The number of carbonyl (C=O) groups is 2. The highest BCUT2D eigenvalue weighted by Gasteiger charge is 2.31. The Hall–Kier alpha value is -3.29. The highest BCUT2D eigenvalue weighted by molar-refractivity contribution is 6.01. The fraction of sp³-hybridized carbons (Fsp3) is 0.158. The lowest BCUT2D eigenvalue weighted by Gasteiger charge is -2.09. The number of alkyl halides is 3. The van der Waals surface area contributed by atoms with Crippen molar-refractivity contribution in [2.75, 3.05) is 5.32 Å². The van der Waals surface area contributed by atoms with Crippen LogP contribution in [0.4, 0.5) is 18.9 Å². The molecule has 27 heavy (non-hydrogen) atoms. The van der Waals surface area contributed by atoms with Gasteiger partial charge in [0.25, 0.3) is 0 Å². The topological polar surface area (TPSA) is 75.6 Å². The molecule has 0 saturated carbocycles. The first-order valence-corrected chi connectivity index (χ1v) is 7.89. The first-order chi connectivity index (χ1) is 12.7. The molecule has 8 heteroatoms. The number of hydrogen-bond donors (Lipinski definition) is 2. The first kappa shape index (κ1) is 20.0. The maximum Gasteiger partial charge on any atom is 0.573 e. The third kappa shape index (κ3) is 6.18. The molecule has 0 unspecified atom stereocenters. The number of carboxylic acids is 1. The van der Waals surface area contributed by atoms with Crippen molar-refractivity contribution >= 4 is 29.7 Å².